The van der Waals surface area contributed by atoms with Crippen molar-refractivity contribution in [2.24, 2.45) is 0 Å². The number of hydrogen-bond donors (Lipinski definition) is 0. The first-order valence-corrected chi connectivity index (χ1v) is 12.4. The molecule has 5 rings (SSSR count). The van der Waals surface area contributed by atoms with Gasteiger partial charge in [-0.05, 0) is 65.3 Å². The summed E-state index contributed by atoms with van der Waals surface area (Å²) in [5.41, 5.74) is 5.96. The number of benzene rings is 3. The van der Waals surface area contributed by atoms with Crippen molar-refractivity contribution in [3.05, 3.63) is 98.8 Å². The van der Waals surface area contributed by atoms with Crippen molar-refractivity contribution in [2.75, 3.05) is 13.3 Å². The number of ketones is 1. The average molecular weight is 488 g/mol. The van der Waals surface area contributed by atoms with Gasteiger partial charge in [0.2, 0.25) is 5.78 Å². The topological polar surface area (TPSA) is 38.8 Å². The summed E-state index contributed by atoms with van der Waals surface area (Å²) in [5.74, 6) is 1.73. The van der Waals surface area contributed by atoms with Crippen molar-refractivity contribution < 1.29 is 14.3 Å². The summed E-state index contributed by atoms with van der Waals surface area (Å²) in [6.07, 6.45) is 2.72. The first-order valence-electron chi connectivity index (χ1n) is 12.0. The molecular formula is C30H30ClNO3. The number of fused-ring (bicyclic) bond motifs is 3. The third-order valence-electron chi connectivity index (χ3n) is 6.69. The van der Waals surface area contributed by atoms with Crippen LogP contribution in [0.4, 0.5) is 0 Å². The van der Waals surface area contributed by atoms with Crippen molar-refractivity contribution in [1.29, 1.82) is 0 Å². The van der Waals surface area contributed by atoms with Crippen molar-refractivity contribution >= 4 is 23.5 Å². The summed E-state index contributed by atoms with van der Waals surface area (Å²) in [6, 6.07) is 18.2. The molecule has 5 heteroatoms. The smallest absolute Gasteiger partial charge is 0.232 e. The minimum Gasteiger partial charge on any atom is -0.478 e. The number of ether oxygens (including phenoxy) is 2. The van der Waals surface area contributed by atoms with Crippen molar-refractivity contribution in [3.63, 3.8) is 0 Å². The quantitative estimate of drug-likeness (QED) is 0.373. The van der Waals surface area contributed by atoms with Gasteiger partial charge >= 0.3 is 0 Å². The number of carbonyl (C=O) groups is 1. The highest BCUT2D eigenvalue weighted by Gasteiger charge is 2.35. The van der Waals surface area contributed by atoms with Crippen LogP contribution < -0.4 is 9.47 Å². The first kappa shape index (κ1) is 23.7. The summed E-state index contributed by atoms with van der Waals surface area (Å²) in [5, 5.41) is 0.741. The first-order chi connectivity index (χ1) is 16.7. The van der Waals surface area contributed by atoms with Crippen molar-refractivity contribution in [1.82, 2.24) is 4.90 Å². The van der Waals surface area contributed by atoms with Crippen LogP contribution in [0.1, 0.15) is 58.9 Å². The molecule has 0 aliphatic carbocycles. The Morgan fingerprint density at radius 3 is 2.46 bits per heavy atom. The minimum atomic E-state index is -0.0708. The molecule has 0 atom stereocenters. The number of carbonyl (C=O) groups excluding carboxylic acids is 1. The van der Waals surface area contributed by atoms with Crippen LogP contribution in [-0.2, 0) is 18.4 Å². The van der Waals surface area contributed by atoms with Crippen LogP contribution in [0, 0.1) is 6.92 Å². The Kier molecular flexibility index (Phi) is 6.20. The van der Waals surface area contributed by atoms with E-state index in [9.17, 15) is 4.79 Å². The van der Waals surface area contributed by atoms with Gasteiger partial charge in [0, 0.05) is 18.1 Å². The maximum Gasteiger partial charge on any atom is 0.232 e. The second-order valence-electron chi connectivity index (χ2n) is 10.4. The molecule has 3 aromatic carbocycles. The molecule has 0 saturated carbocycles. The third-order valence-corrected chi connectivity index (χ3v) is 6.94. The van der Waals surface area contributed by atoms with Gasteiger partial charge in [0.05, 0.1) is 11.1 Å². The standard InChI is InChI=1S/C30H30ClNO3/c1-19-15-25-24(17-32(18-34-25)14-13-20-7-11-23(31)12-8-20)29-27(19)28(33)26(35-29)16-21-5-9-22(10-6-21)30(2,3)4/h5-12,15-16H,13-14,17-18H2,1-4H3/b26-16+. The highest BCUT2D eigenvalue weighted by Crippen LogP contribution is 2.44. The maximum atomic E-state index is 13.3. The SMILES string of the molecule is Cc1cc2c(c3c1C(=O)/C(=C\c1ccc(C(C)(C)C)cc1)O3)CN(CCc1ccc(Cl)cc1)CO2. The molecular weight excluding hydrogens is 458 g/mol. The lowest BCUT2D eigenvalue weighted by atomic mass is 9.86. The van der Waals surface area contributed by atoms with Crippen molar-refractivity contribution in [2.45, 2.75) is 46.1 Å². The zero-order valence-electron chi connectivity index (χ0n) is 20.7. The summed E-state index contributed by atoms with van der Waals surface area (Å²) >= 11 is 6.01. The van der Waals surface area contributed by atoms with Crippen LogP contribution in [-0.4, -0.2) is 24.0 Å². The highest BCUT2D eigenvalue weighted by molar-refractivity contribution is 6.30. The second-order valence-corrected chi connectivity index (χ2v) is 10.8. The predicted molar refractivity (Wildman–Crippen MR) is 140 cm³/mol. The van der Waals surface area contributed by atoms with Gasteiger partial charge in [0.25, 0.3) is 0 Å². The van der Waals surface area contributed by atoms with Gasteiger partial charge in [-0.25, -0.2) is 0 Å². The van der Waals surface area contributed by atoms with Gasteiger partial charge in [0.1, 0.15) is 18.2 Å². The molecule has 0 aromatic heterocycles. The molecule has 0 fully saturated rings. The minimum absolute atomic E-state index is 0.0708. The van der Waals surface area contributed by atoms with E-state index in [-0.39, 0.29) is 11.2 Å². The van der Waals surface area contributed by atoms with Crippen LogP contribution in [0.5, 0.6) is 11.5 Å². The summed E-state index contributed by atoms with van der Waals surface area (Å²) < 4.78 is 12.3. The Hall–Kier alpha value is -3.08. The summed E-state index contributed by atoms with van der Waals surface area (Å²) in [6.45, 7) is 10.5. The predicted octanol–water partition coefficient (Wildman–Crippen LogP) is 6.96. The molecule has 2 heterocycles. The van der Waals surface area contributed by atoms with E-state index in [0.717, 1.165) is 40.4 Å². The molecule has 0 saturated heterocycles. The fourth-order valence-electron chi connectivity index (χ4n) is 4.59. The van der Waals surface area contributed by atoms with E-state index in [1.165, 1.54) is 11.1 Å². The van der Waals surface area contributed by atoms with Crippen LogP contribution in [0.2, 0.25) is 5.02 Å². The molecule has 3 aromatic rings. The molecule has 0 N–H and O–H groups in total. The Labute approximate surface area is 212 Å². The largest absolute Gasteiger partial charge is 0.478 e. The fraction of sp³-hybridized carbons (Fsp3) is 0.300. The van der Waals surface area contributed by atoms with Crippen LogP contribution >= 0.6 is 11.6 Å². The number of rotatable bonds is 4. The second kappa shape index (κ2) is 9.18. The van der Waals surface area contributed by atoms with Gasteiger partial charge in [0.15, 0.2) is 5.76 Å². The molecule has 2 aliphatic heterocycles. The zero-order valence-corrected chi connectivity index (χ0v) is 21.4. The van der Waals surface area contributed by atoms with Crippen molar-refractivity contribution in [3.8, 4) is 11.5 Å². The molecule has 0 unspecified atom stereocenters. The molecule has 0 amide bonds. The van der Waals surface area contributed by atoms with Crippen LogP contribution in [0.3, 0.4) is 0 Å². The summed E-state index contributed by atoms with van der Waals surface area (Å²) in [4.78, 5) is 15.5. The van der Waals surface area contributed by atoms with Gasteiger partial charge in [-0.1, -0.05) is 68.8 Å². The lowest BCUT2D eigenvalue weighted by Gasteiger charge is -2.30. The van der Waals surface area contributed by atoms with Gasteiger partial charge in [-0.15, -0.1) is 0 Å². The number of nitrogens with zero attached hydrogens (tertiary/aromatic N) is 1. The molecule has 180 valence electrons. The number of allylic oxidation sites excluding steroid dienone is 1. The normalized spacial score (nSPS) is 16.6. The molecule has 0 spiro atoms. The van der Waals surface area contributed by atoms with Crippen LogP contribution in [0.15, 0.2) is 60.4 Å². The van der Waals surface area contributed by atoms with E-state index in [1.54, 1.807) is 0 Å². The third kappa shape index (κ3) is 4.86. The highest BCUT2D eigenvalue weighted by atomic mass is 35.5. The fourth-order valence-corrected chi connectivity index (χ4v) is 4.71. The zero-order chi connectivity index (χ0) is 24.7. The molecule has 4 nitrogen and oxygen atoms in total. The molecule has 35 heavy (non-hydrogen) atoms. The maximum absolute atomic E-state index is 13.3. The number of Topliss-reactive ketones (excluding diaryl/α,β-unsaturated/α-hetero) is 1. The van der Waals surface area contributed by atoms with Gasteiger partial charge < -0.3 is 9.47 Å². The Morgan fingerprint density at radius 2 is 1.77 bits per heavy atom. The molecule has 0 radical (unpaired) electrons. The summed E-state index contributed by atoms with van der Waals surface area (Å²) in [7, 11) is 0. The van der Waals surface area contributed by atoms with E-state index in [4.69, 9.17) is 21.1 Å². The lowest BCUT2D eigenvalue weighted by molar-refractivity contribution is 0.0949. The van der Waals surface area contributed by atoms with E-state index in [2.05, 4.69) is 49.9 Å². The van der Waals surface area contributed by atoms with Gasteiger partial charge in [-0.3, -0.25) is 9.69 Å². The van der Waals surface area contributed by atoms with Gasteiger partial charge in [-0.2, -0.15) is 0 Å². The van der Waals surface area contributed by atoms with Crippen LogP contribution in [0.25, 0.3) is 6.08 Å². The van der Waals surface area contributed by atoms with E-state index < -0.39 is 0 Å². The number of aryl methyl sites for hydroxylation is 1. The Morgan fingerprint density at radius 1 is 1.06 bits per heavy atom. The van der Waals surface area contributed by atoms with E-state index in [1.807, 2.05) is 43.3 Å². The monoisotopic (exact) mass is 487 g/mol. The molecule has 0 bridgehead atoms. The molecule has 2 aliphatic rings. The van der Waals surface area contributed by atoms with E-state index in [0.29, 0.717) is 30.3 Å². The van der Waals surface area contributed by atoms with E-state index >= 15 is 0 Å². The Bertz CT molecular complexity index is 1300. The lowest BCUT2D eigenvalue weighted by Crippen LogP contribution is -2.33. The number of hydrogen-bond acceptors (Lipinski definition) is 4. The number of halogens is 1. The average Bonchev–Trinajstić information content (AvgIpc) is 3.15. The Balaban J connectivity index is 1.37.